The van der Waals surface area contributed by atoms with E-state index in [2.05, 4.69) is 36.6 Å². The number of nitrogens with one attached hydrogen (secondary N) is 1. The molecule has 0 saturated carbocycles. The van der Waals surface area contributed by atoms with E-state index in [1.807, 2.05) is 6.07 Å². The van der Waals surface area contributed by atoms with Gasteiger partial charge in [-0.3, -0.25) is 0 Å². The number of hydrogen-bond donors (Lipinski definition) is 1. The van der Waals surface area contributed by atoms with Crippen LogP contribution in [-0.2, 0) is 6.42 Å². The van der Waals surface area contributed by atoms with Crippen LogP contribution in [0.25, 0.3) is 0 Å². The molecular formula is C14H16ClN. The molecule has 2 aliphatic carbocycles. The first kappa shape index (κ1) is 10.4. The molecule has 0 radical (unpaired) electrons. The first-order chi connectivity index (χ1) is 7.79. The van der Waals surface area contributed by atoms with Crippen molar-refractivity contribution in [2.24, 2.45) is 5.92 Å². The summed E-state index contributed by atoms with van der Waals surface area (Å²) >= 11 is 6.07. The van der Waals surface area contributed by atoms with Crippen LogP contribution in [0.15, 0.2) is 30.4 Å². The van der Waals surface area contributed by atoms with Gasteiger partial charge in [-0.2, -0.15) is 0 Å². The molecule has 0 aromatic heterocycles. The minimum absolute atomic E-state index is 0.596. The summed E-state index contributed by atoms with van der Waals surface area (Å²) in [5, 5.41) is 4.34. The maximum Gasteiger partial charge on any atom is 0.0408 e. The van der Waals surface area contributed by atoms with E-state index in [0.29, 0.717) is 17.9 Å². The minimum atomic E-state index is 0.596. The van der Waals surface area contributed by atoms with Gasteiger partial charge in [0.1, 0.15) is 0 Å². The molecule has 0 fully saturated rings. The van der Waals surface area contributed by atoms with Crippen LogP contribution in [0.3, 0.4) is 0 Å². The topological polar surface area (TPSA) is 12.0 Å². The lowest BCUT2D eigenvalue weighted by molar-refractivity contribution is 0.330. The highest BCUT2D eigenvalue weighted by Gasteiger charge is 2.35. The van der Waals surface area contributed by atoms with E-state index < -0.39 is 0 Å². The molecule has 2 aliphatic rings. The Bertz CT molecular complexity index is 438. The van der Waals surface area contributed by atoms with Crippen molar-refractivity contribution in [2.75, 3.05) is 7.05 Å². The minimum Gasteiger partial charge on any atom is -0.316 e. The molecule has 1 aromatic carbocycles. The summed E-state index contributed by atoms with van der Waals surface area (Å²) in [5.74, 6) is 1.26. The standard InChI is InChI=1S/C14H16ClN/c1-16-14-9-3-2-4-13(14)12-6-5-11(15)8-10(12)7-9/h2-3,5-6,8-9,13-14,16H,4,7H2,1H3/t9-,13+,14-/m1/s1. The monoisotopic (exact) mass is 233 g/mol. The Labute approximate surface area is 102 Å². The second-order valence-electron chi connectivity index (χ2n) is 4.80. The maximum absolute atomic E-state index is 6.07. The lowest BCUT2D eigenvalue weighted by Crippen LogP contribution is -2.44. The molecule has 0 heterocycles. The first-order valence-corrected chi connectivity index (χ1v) is 6.29. The van der Waals surface area contributed by atoms with Gasteiger partial charge < -0.3 is 5.32 Å². The molecule has 3 rings (SSSR count). The molecule has 0 amide bonds. The predicted molar refractivity (Wildman–Crippen MR) is 68.0 cm³/mol. The number of benzene rings is 1. The number of rotatable bonds is 1. The van der Waals surface area contributed by atoms with Gasteiger partial charge in [-0.15, -0.1) is 0 Å². The number of likely N-dealkylation sites (N-methyl/N-ethyl adjacent to an activating group) is 1. The van der Waals surface area contributed by atoms with Gasteiger partial charge in [0.05, 0.1) is 0 Å². The van der Waals surface area contributed by atoms with Crippen LogP contribution < -0.4 is 5.32 Å². The molecule has 84 valence electrons. The Balaban J connectivity index is 2.08. The second kappa shape index (κ2) is 3.90. The van der Waals surface area contributed by atoms with E-state index in [4.69, 9.17) is 11.6 Å². The fourth-order valence-electron chi connectivity index (χ4n) is 3.26. The van der Waals surface area contributed by atoms with E-state index in [0.717, 1.165) is 17.9 Å². The van der Waals surface area contributed by atoms with Gasteiger partial charge in [0.25, 0.3) is 0 Å². The highest BCUT2D eigenvalue weighted by molar-refractivity contribution is 6.30. The second-order valence-corrected chi connectivity index (χ2v) is 5.23. The molecule has 0 saturated heterocycles. The van der Waals surface area contributed by atoms with Crippen LogP contribution in [0.4, 0.5) is 0 Å². The van der Waals surface area contributed by atoms with Crippen molar-refractivity contribution < 1.29 is 0 Å². The van der Waals surface area contributed by atoms with Crippen LogP contribution >= 0.6 is 11.6 Å². The third-order valence-corrected chi connectivity index (χ3v) is 4.20. The normalized spacial score (nSPS) is 31.2. The van der Waals surface area contributed by atoms with Crippen LogP contribution in [0, 0.1) is 5.92 Å². The highest BCUT2D eigenvalue weighted by Crippen LogP contribution is 2.41. The molecule has 16 heavy (non-hydrogen) atoms. The molecule has 1 aromatic rings. The predicted octanol–water partition coefficient (Wildman–Crippen LogP) is 3.14. The van der Waals surface area contributed by atoms with Crippen molar-refractivity contribution >= 4 is 11.6 Å². The Morgan fingerprint density at radius 2 is 2.25 bits per heavy atom. The first-order valence-electron chi connectivity index (χ1n) is 5.92. The molecule has 3 atom stereocenters. The summed E-state index contributed by atoms with van der Waals surface area (Å²) in [7, 11) is 2.07. The number of allylic oxidation sites excluding steroid dienone is 1. The van der Waals surface area contributed by atoms with E-state index in [1.165, 1.54) is 11.1 Å². The SMILES string of the molecule is CN[C@@H]1[C@@H]2C=CC[C@H]1c1ccc(Cl)cc1C2. The Morgan fingerprint density at radius 3 is 3.06 bits per heavy atom. The summed E-state index contributed by atoms with van der Waals surface area (Å²) < 4.78 is 0. The molecular weight excluding hydrogens is 218 g/mol. The fourth-order valence-corrected chi connectivity index (χ4v) is 3.46. The molecule has 1 nitrogen and oxygen atoms in total. The Hall–Kier alpha value is -0.790. The van der Waals surface area contributed by atoms with Crippen molar-refractivity contribution in [3.8, 4) is 0 Å². The summed E-state index contributed by atoms with van der Waals surface area (Å²) in [4.78, 5) is 0. The van der Waals surface area contributed by atoms with E-state index in [9.17, 15) is 0 Å². The zero-order valence-electron chi connectivity index (χ0n) is 9.41. The van der Waals surface area contributed by atoms with Crippen molar-refractivity contribution in [1.29, 1.82) is 0 Å². The van der Waals surface area contributed by atoms with Crippen LogP contribution in [-0.4, -0.2) is 13.1 Å². The molecule has 0 aliphatic heterocycles. The third-order valence-electron chi connectivity index (χ3n) is 3.96. The summed E-state index contributed by atoms with van der Waals surface area (Å²) in [6.07, 6.45) is 6.97. The van der Waals surface area contributed by atoms with Gasteiger partial charge >= 0.3 is 0 Å². The van der Waals surface area contributed by atoms with E-state index in [1.54, 1.807) is 0 Å². The Kier molecular flexibility index (Phi) is 2.53. The van der Waals surface area contributed by atoms with Crippen LogP contribution in [0.2, 0.25) is 5.02 Å². The Morgan fingerprint density at radius 1 is 1.38 bits per heavy atom. The molecule has 1 N–H and O–H groups in total. The van der Waals surface area contributed by atoms with Crippen molar-refractivity contribution in [3.05, 3.63) is 46.5 Å². The average Bonchev–Trinajstić information content (AvgIpc) is 2.28. The van der Waals surface area contributed by atoms with E-state index >= 15 is 0 Å². The molecule has 0 spiro atoms. The van der Waals surface area contributed by atoms with Gasteiger partial charge in [-0.25, -0.2) is 0 Å². The summed E-state index contributed by atoms with van der Waals surface area (Å²) in [6.45, 7) is 0. The van der Waals surface area contributed by atoms with Gasteiger partial charge in [0, 0.05) is 17.0 Å². The molecule has 2 heteroatoms. The summed E-state index contributed by atoms with van der Waals surface area (Å²) in [6, 6.07) is 6.97. The van der Waals surface area contributed by atoms with Gasteiger partial charge in [0.15, 0.2) is 0 Å². The quantitative estimate of drug-likeness (QED) is 0.735. The molecule has 0 unspecified atom stereocenters. The van der Waals surface area contributed by atoms with Crippen molar-refractivity contribution in [2.45, 2.75) is 24.8 Å². The number of hydrogen-bond acceptors (Lipinski definition) is 1. The zero-order valence-corrected chi connectivity index (χ0v) is 10.2. The number of fused-ring (bicyclic) bond motifs is 4. The van der Waals surface area contributed by atoms with Crippen molar-refractivity contribution in [1.82, 2.24) is 5.32 Å². The van der Waals surface area contributed by atoms with Gasteiger partial charge in [0.2, 0.25) is 0 Å². The average molecular weight is 234 g/mol. The lowest BCUT2D eigenvalue weighted by atomic mass is 9.69. The molecule has 2 bridgehead atoms. The van der Waals surface area contributed by atoms with Crippen LogP contribution in [0.1, 0.15) is 23.5 Å². The highest BCUT2D eigenvalue weighted by atomic mass is 35.5. The lowest BCUT2D eigenvalue weighted by Gasteiger charge is -2.40. The number of halogens is 1. The maximum atomic E-state index is 6.07. The largest absolute Gasteiger partial charge is 0.316 e. The smallest absolute Gasteiger partial charge is 0.0408 e. The van der Waals surface area contributed by atoms with Crippen LogP contribution in [0.5, 0.6) is 0 Å². The van der Waals surface area contributed by atoms with Gasteiger partial charge in [-0.1, -0.05) is 29.8 Å². The van der Waals surface area contributed by atoms with E-state index in [-0.39, 0.29) is 0 Å². The van der Waals surface area contributed by atoms with Gasteiger partial charge in [-0.05, 0) is 49.1 Å². The van der Waals surface area contributed by atoms with Crippen molar-refractivity contribution in [3.63, 3.8) is 0 Å². The summed E-state index contributed by atoms with van der Waals surface area (Å²) in [5.41, 5.74) is 2.93. The fraction of sp³-hybridized carbons (Fsp3) is 0.429. The zero-order chi connectivity index (χ0) is 11.1. The third kappa shape index (κ3) is 1.50.